The molecule has 0 saturated carbocycles. The first-order valence-electron chi connectivity index (χ1n) is 10.2. The van der Waals surface area contributed by atoms with Crippen LogP contribution in [0.1, 0.15) is 26.3 Å². The lowest BCUT2D eigenvalue weighted by molar-refractivity contribution is -0.00000606. The number of rotatable bonds is 4. The third-order valence-corrected chi connectivity index (χ3v) is 9.83. The Morgan fingerprint density at radius 1 is 0.467 bits per heavy atom. The molecule has 30 heavy (non-hydrogen) atoms. The normalized spacial score (nSPS) is 11.6. The molecule has 0 bridgehead atoms. The quantitative estimate of drug-likeness (QED) is 0.399. The minimum Gasteiger partial charge on any atom is -1.00 e. The molecule has 0 aliphatic heterocycles. The predicted molar refractivity (Wildman–Crippen MR) is 130 cm³/mol. The van der Waals surface area contributed by atoms with Gasteiger partial charge in [0, 0.05) is 5.56 Å². The molecule has 4 rings (SSSR count). The van der Waals surface area contributed by atoms with E-state index in [1.165, 1.54) is 26.8 Å². The zero-order valence-corrected chi connectivity index (χ0v) is 20.3. The second kappa shape index (κ2) is 9.29. The molecule has 0 saturated heterocycles. The summed E-state index contributed by atoms with van der Waals surface area (Å²) in [4.78, 5) is 0. The van der Waals surface area contributed by atoms with Gasteiger partial charge in [0.2, 0.25) is 0 Å². The summed E-state index contributed by atoms with van der Waals surface area (Å²) in [5.74, 6) is 0. The molecule has 2 heteroatoms. The second-order valence-electron chi connectivity index (χ2n) is 8.44. The fourth-order valence-electron chi connectivity index (χ4n) is 4.22. The maximum absolute atomic E-state index is 2.36. The molecule has 0 aliphatic carbocycles. The van der Waals surface area contributed by atoms with Crippen molar-refractivity contribution in [3.8, 4) is 0 Å². The van der Waals surface area contributed by atoms with Crippen molar-refractivity contribution in [2.75, 3.05) is 0 Å². The molecule has 0 aromatic heterocycles. The minimum atomic E-state index is -2.04. The van der Waals surface area contributed by atoms with Crippen LogP contribution < -0.4 is 38.2 Å². The molecule has 0 heterocycles. The van der Waals surface area contributed by atoms with Crippen LogP contribution in [0.25, 0.3) is 0 Å². The standard InChI is InChI=1S/C28H28P.BrH/c1-28(2,3)26-21-13-14-22-27(26)29(23-15-7-4-8-16-23,24-17-9-5-10-18-24)25-19-11-6-12-20-25;/h4-22H,1-3H3;1H/q+1;/p-1. The third kappa shape index (κ3) is 4.02. The maximum atomic E-state index is 2.36. The van der Waals surface area contributed by atoms with Crippen LogP contribution in [-0.4, -0.2) is 0 Å². The summed E-state index contributed by atoms with van der Waals surface area (Å²) in [6, 6.07) is 42.3. The van der Waals surface area contributed by atoms with Gasteiger partial charge in [-0.25, -0.2) is 0 Å². The molecule has 4 aromatic carbocycles. The molecular formula is C28H28BrP. The average Bonchev–Trinajstić information content (AvgIpc) is 2.76. The number of benzene rings is 4. The van der Waals surface area contributed by atoms with Crippen molar-refractivity contribution in [3.63, 3.8) is 0 Å². The maximum Gasteiger partial charge on any atom is 0.144 e. The van der Waals surface area contributed by atoms with Gasteiger partial charge in [-0.05, 0) is 47.9 Å². The second-order valence-corrected chi connectivity index (χ2v) is 11.8. The summed E-state index contributed by atoms with van der Waals surface area (Å²) in [6.07, 6.45) is 0. The van der Waals surface area contributed by atoms with Gasteiger partial charge in [0.1, 0.15) is 28.5 Å². The number of halogens is 1. The van der Waals surface area contributed by atoms with Gasteiger partial charge in [-0.2, -0.15) is 0 Å². The van der Waals surface area contributed by atoms with E-state index in [0.29, 0.717) is 0 Å². The van der Waals surface area contributed by atoms with Crippen LogP contribution in [0.4, 0.5) is 0 Å². The summed E-state index contributed by atoms with van der Waals surface area (Å²) < 4.78 is 0. The Kier molecular flexibility index (Phi) is 6.96. The molecule has 0 nitrogen and oxygen atoms in total. The molecular weight excluding hydrogens is 447 g/mol. The Bertz CT molecular complexity index is 971. The molecule has 0 aliphatic rings. The average molecular weight is 475 g/mol. The Morgan fingerprint density at radius 3 is 1.17 bits per heavy atom. The van der Waals surface area contributed by atoms with Gasteiger partial charge in [0.15, 0.2) is 0 Å². The van der Waals surface area contributed by atoms with Crippen LogP contribution in [0.2, 0.25) is 0 Å². The number of hydrogen-bond donors (Lipinski definition) is 0. The molecule has 0 N–H and O–H groups in total. The van der Waals surface area contributed by atoms with Gasteiger partial charge < -0.3 is 17.0 Å². The Labute approximate surface area is 192 Å². The van der Waals surface area contributed by atoms with Crippen molar-refractivity contribution in [3.05, 3.63) is 121 Å². The van der Waals surface area contributed by atoms with Crippen molar-refractivity contribution in [2.24, 2.45) is 0 Å². The SMILES string of the molecule is CC(C)(C)c1ccccc1[P+](c1ccccc1)(c1ccccc1)c1ccccc1.[Br-]. The van der Waals surface area contributed by atoms with Crippen molar-refractivity contribution < 1.29 is 17.0 Å². The van der Waals surface area contributed by atoms with Crippen molar-refractivity contribution in [1.82, 2.24) is 0 Å². The van der Waals surface area contributed by atoms with E-state index in [1.54, 1.807) is 0 Å². The van der Waals surface area contributed by atoms with Gasteiger partial charge >= 0.3 is 0 Å². The topological polar surface area (TPSA) is 0 Å². The molecule has 0 amide bonds. The van der Waals surface area contributed by atoms with E-state index >= 15 is 0 Å². The predicted octanol–water partition coefficient (Wildman–Crippen LogP) is 2.61. The van der Waals surface area contributed by atoms with E-state index in [9.17, 15) is 0 Å². The summed E-state index contributed by atoms with van der Waals surface area (Å²) >= 11 is 0. The first-order valence-corrected chi connectivity index (χ1v) is 12.0. The van der Waals surface area contributed by atoms with Gasteiger partial charge in [-0.15, -0.1) is 0 Å². The Balaban J connectivity index is 0.00000256. The monoisotopic (exact) mass is 474 g/mol. The van der Waals surface area contributed by atoms with E-state index in [2.05, 4.69) is 136 Å². The van der Waals surface area contributed by atoms with Crippen LogP contribution in [-0.2, 0) is 5.41 Å². The first kappa shape index (κ1) is 22.5. The van der Waals surface area contributed by atoms with Crippen LogP contribution in [0.3, 0.4) is 0 Å². The molecule has 0 unspecified atom stereocenters. The molecule has 152 valence electrons. The van der Waals surface area contributed by atoms with Crippen molar-refractivity contribution >= 4 is 28.5 Å². The summed E-state index contributed by atoms with van der Waals surface area (Å²) in [5.41, 5.74) is 1.48. The lowest BCUT2D eigenvalue weighted by Crippen LogP contribution is -3.00. The Morgan fingerprint density at radius 2 is 0.800 bits per heavy atom. The van der Waals surface area contributed by atoms with Crippen molar-refractivity contribution in [1.29, 1.82) is 0 Å². The minimum absolute atomic E-state index is 0. The number of hydrogen-bond acceptors (Lipinski definition) is 0. The lowest BCUT2D eigenvalue weighted by atomic mass is 9.87. The third-order valence-electron chi connectivity index (χ3n) is 5.50. The molecule has 0 fully saturated rings. The molecule has 0 atom stereocenters. The Hall–Kier alpha value is -2.21. The highest BCUT2D eigenvalue weighted by Crippen LogP contribution is 2.55. The van der Waals surface area contributed by atoms with Gasteiger partial charge in [-0.3, -0.25) is 0 Å². The first-order chi connectivity index (χ1) is 14.0. The van der Waals surface area contributed by atoms with E-state index in [-0.39, 0.29) is 22.4 Å². The highest BCUT2D eigenvalue weighted by molar-refractivity contribution is 8.01. The zero-order chi connectivity index (χ0) is 20.3. The molecule has 0 radical (unpaired) electrons. The van der Waals surface area contributed by atoms with Gasteiger partial charge in [0.05, 0.1) is 0 Å². The molecule has 0 spiro atoms. The van der Waals surface area contributed by atoms with Crippen LogP contribution in [0, 0.1) is 0 Å². The smallest absolute Gasteiger partial charge is 0.144 e. The van der Waals surface area contributed by atoms with Crippen LogP contribution in [0.15, 0.2) is 115 Å². The van der Waals surface area contributed by atoms with Crippen molar-refractivity contribution in [2.45, 2.75) is 26.2 Å². The highest BCUT2D eigenvalue weighted by atomic mass is 79.9. The van der Waals surface area contributed by atoms with E-state index in [4.69, 9.17) is 0 Å². The van der Waals surface area contributed by atoms with Gasteiger partial charge in [0.25, 0.3) is 0 Å². The largest absolute Gasteiger partial charge is 1.00 e. The summed E-state index contributed by atoms with van der Waals surface area (Å²) in [6.45, 7) is 6.96. The van der Waals surface area contributed by atoms with Gasteiger partial charge in [-0.1, -0.05) is 93.6 Å². The highest BCUT2D eigenvalue weighted by Gasteiger charge is 2.49. The lowest BCUT2D eigenvalue weighted by Gasteiger charge is -2.32. The summed E-state index contributed by atoms with van der Waals surface area (Å²) in [7, 11) is -2.04. The molecule has 4 aromatic rings. The van der Waals surface area contributed by atoms with E-state index in [0.717, 1.165) is 0 Å². The van der Waals surface area contributed by atoms with E-state index in [1.807, 2.05) is 0 Å². The van der Waals surface area contributed by atoms with Crippen LogP contribution >= 0.6 is 7.26 Å². The summed E-state index contributed by atoms with van der Waals surface area (Å²) in [5, 5.41) is 5.65. The zero-order valence-electron chi connectivity index (χ0n) is 17.8. The van der Waals surface area contributed by atoms with Crippen LogP contribution in [0.5, 0.6) is 0 Å². The van der Waals surface area contributed by atoms with E-state index < -0.39 is 7.26 Å². The fraction of sp³-hybridized carbons (Fsp3) is 0.143. The fourth-order valence-corrected chi connectivity index (χ4v) is 8.89.